The summed E-state index contributed by atoms with van der Waals surface area (Å²) in [5.74, 6) is 1.64. The van der Waals surface area contributed by atoms with Gasteiger partial charge in [-0.2, -0.15) is 0 Å². The van der Waals surface area contributed by atoms with Gasteiger partial charge in [0, 0.05) is 54.6 Å². The normalized spacial score (nSPS) is 11.9. The zero-order chi connectivity index (χ0) is 33.5. The standard InChI is InChI=1S/C45H25N3O3/c1-2-11-26(12-3-1)43-46-44(27-23-24-30-28-13-4-6-21-37(28)49-39(30)25-27)48-45(47-43)36-20-10-19-35-34-18-9-17-33(41(34)51-42(35)36)32-16-8-15-31-29-14-5-7-22-38(29)50-40(31)32/h1-25H. The zero-order valence-corrected chi connectivity index (χ0v) is 27.0. The highest BCUT2D eigenvalue weighted by molar-refractivity contribution is 6.16. The molecule has 6 nitrogen and oxygen atoms in total. The lowest BCUT2D eigenvalue weighted by molar-refractivity contribution is 0.665. The molecule has 4 aromatic heterocycles. The number of aromatic nitrogens is 3. The van der Waals surface area contributed by atoms with Crippen molar-refractivity contribution in [1.29, 1.82) is 0 Å². The van der Waals surface area contributed by atoms with Crippen molar-refractivity contribution in [2.24, 2.45) is 0 Å². The predicted molar refractivity (Wildman–Crippen MR) is 203 cm³/mol. The Morgan fingerprint density at radius 2 is 0.784 bits per heavy atom. The maximum absolute atomic E-state index is 6.87. The van der Waals surface area contributed by atoms with Gasteiger partial charge in [-0.1, -0.05) is 121 Å². The molecule has 0 aliphatic heterocycles. The Morgan fingerprint density at radius 3 is 1.51 bits per heavy atom. The van der Waals surface area contributed by atoms with E-state index in [1.807, 2.05) is 91.0 Å². The van der Waals surface area contributed by atoms with E-state index in [4.69, 9.17) is 28.2 Å². The molecule has 51 heavy (non-hydrogen) atoms. The lowest BCUT2D eigenvalue weighted by Crippen LogP contribution is -2.00. The van der Waals surface area contributed by atoms with Gasteiger partial charge >= 0.3 is 0 Å². The van der Waals surface area contributed by atoms with Crippen LogP contribution in [0.5, 0.6) is 0 Å². The van der Waals surface area contributed by atoms with Crippen LogP contribution >= 0.6 is 0 Å². The van der Waals surface area contributed by atoms with Crippen molar-refractivity contribution in [3.8, 4) is 45.3 Å². The smallest absolute Gasteiger partial charge is 0.167 e. The summed E-state index contributed by atoms with van der Waals surface area (Å²) in [6.07, 6.45) is 0. The molecule has 4 heterocycles. The Labute approximate surface area is 290 Å². The molecular formula is C45H25N3O3. The fourth-order valence-corrected chi connectivity index (χ4v) is 7.37. The average Bonchev–Trinajstić information content (AvgIpc) is 3.89. The van der Waals surface area contributed by atoms with Crippen molar-refractivity contribution in [1.82, 2.24) is 15.0 Å². The highest BCUT2D eigenvalue weighted by Gasteiger charge is 2.21. The molecule has 7 aromatic carbocycles. The van der Waals surface area contributed by atoms with Crippen LogP contribution in [0.2, 0.25) is 0 Å². The van der Waals surface area contributed by atoms with E-state index < -0.39 is 0 Å². The third-order valence-corrected chi connectivity index (χ3v) is 9.76. The number of fused-ring (bicyclic) bond motifs is 9. The Bertz CT molecular complexity index is 3150. The summed E-state index contributed by atoms with van der Waals surface area (Å²) in [5, 5.41) is 6.27. The van der Waals surface area contributed by atoms with Crippen molar-refractivity contribution >= 4 is 65.8 Å². The number of benzene rings is 7. The molecule has 0 amide bonds. The second-order valence-electron chi connectivity index (χ2n) is 12.7. The van der Waals surface area contributed by atoms with Gasteiger partial charge in [0.05, 0.1) is 5.56 Å². The first-order chi connectivity index (χ1) is 25.3. The third-order valence-electron chi connectivity index (χ3n) is 9.76. The zero-order valence-electron chi connectivity index (χ0n) is 27.0. The van der Waals surface area contributed by atoms with Crippen LogP contribution in [-0.2, 0) is 0 Å². The first-order valence-corrected chi connectivity index (χ1v) is 16.9. The molecule has 0 aliphatic rings. The predicted octanol–water partition coefficient (Wildman–Crippen LogP) is 12.2. The highest BCUT2D eigenvalue weighted by Crippen LogP contribution is 2.43. The summed E-state index contributed by atoms with van der Waals surface area (Å²) < 4.78 is 19.5. The van der Waals surface area contributed by atoms with Gasteiger partial charge in [-0.3, -0.25) is 0 Å². The van der Waals surface area contributed by atoms with Crippen molar-refractivity contribution in [2.75, 3.05) is 0 Å². The monoisotopic (exact) mass is 655 g/mol. The van der Waals surface area contributed by atoms with Crippen LogP contribution in [0.1, 0.15) is 0 Å². The van der Waals surface area contributed by atoms with Gasteiger partial charge in [0.2, 0.25) is 0 Å². The largest absolute Gasteiger partial charge is 0.456 e. The van der Waals surface area contributed by atoms with E-state index in [-0.39, 0.29) is 0 Å². The van der Waals surface area contributed by atoms with E-state index in [2.05, 4.69) is 60.7 Å². The van der Waals surface area contributed by atoms with Crippen molar-refractivity contribution in [2.45, 2.75) is 0 Å². The summed E-state index contributed by atoms with van der Waals surface area (Å²) in [4.78, 5) is 15.1. The van der Waals surface area contributed by atoms with Gasteiger partial charge in [0.15, 0.2) is 17.5 Å². The molecule has 11 aromatic rings. The third kappa shape index (κ3) is 4.26. The topological polar surface area (TPSA) is 78.1 Å². The van der Waals surface area contributed by atoms with Crippen LogP contribution in [0.25, 0.3) is 111 Å². The molecule has 6 heteroatoms. The minimum atomic E-state index is 0.522. The number of furan rings is 3. The van der Waals surface area contributed by atoms with Gasteiger partial charge < -0.3 is 13.3 Å². The van der Waals surface area contributed by atoms with Gasteiger partial charge in [-0.05, 0) is 30.3 Å². The lowest BCUT2D eigenvalue weighted by Gasteiger charge is -2.09. The summed E-state index contributed by atoms with van der Waals surface area (Å²) in [7, 11) is 0. The molecule has 0 fully saturated rings. The average molecular weight is 656 g/mol. The number of rotatable bonds is 4. The van der Waals surface area contributed by atoms with E-state index in [9.17, 15) is 0 Å². The molecule has 0 radical (unpaired) electrons. The molecule has 0 N–H and O–H groups in total. The maximum Gasteiger partial charge on any atom is 0.167 e. The molecule has 0 saturated heterocycles. The van der Waals surface area contributed by atoms with E-state index in [0.29, 0.717) is 23.1 Å². The summed E-state index contributed by atoms with van der Waals surface area (Å²) in [6, 6.07) is 51.0. The van der Waals surface area contributed by atoms with E-state index in [1.54, 1.807) is 0 Å². The summed E-state index contributed by atoms with van der Waals surface area (Å²) >= 11 is 0. The Hall–Kier alpha value is -7.05. The number of hydrogen-bond acceptors (Lipinski definition) is 6. The number of para-hydroxylation sites is 5. The minimum Gasteiger partial charge on any atom is -0.456 e. The first-order valence-electron chi connectivity index (χ1n) is 16.9. The maximum atomic E-state index is 6.87. The minimum absolute atomic E-state index is 0.522. The van der Waals surface area contributed by atoms with Gasteiger partial charge in [0.1, 0.15) is 33.5 Å². The molecule has 0 saturated carbocycles. The second kappa shape index (κ2) is 10.7. The molecule has 0 unspecified atom stereocenters. The molecule has 0 spiro atoms. The van der Waals surface area contributed by atoms with Crippen LogP contribution in [0.4, 0.5) is 0 Å². The van der Waals surface area contributed by atoms with E-state index >= 15 is 0 Å². The second-order valence-corrected chi connectivity index (χ2v) is 12.7. The van der Waals surface area contributed by atoms with Crippen molar-refractivity contribution in [3.63, 3.8) is 0 Å². The first kappa shape index (κ1) is 27.9. The van der Waals surface area contributed by atoms with Crippen LogP contribution < -0.4 is 0 Å². The molecule has 0 aliphatic carbocycles. The molecular weight excluding hydrogens is 631 g/mol. The quantitative estimate of drug-likeness (QED) is 0.188. The summed E-state index contributed by atoms with van der Waals surface area (Å²) in [5.41, 5.74) is 9.25. The lowest BCUT2D eigenvalue weighted by atomic mass is 9.99. The molecule has 238 valence electrons. The Morgan fingerprint density at radius 1 is 0.294 bits per heavy atom. The van der Waals surface area contributed by atoms with Crippen LogP contribution in [0, 0.1) is 0 Å². The fraction of sp³-hybridized carbons (Fsp3) is 0. The summed E-state index contributed by atoms with van der Waals surface area (Å²) in [6.45, 7) is 0. The molecule has 0 bridgehead atoms. The van der Waals surface area contributed by atoms with Crippen molar-refractivity contribution < 1.29 is 13.3 Å². The molecule has 11 rings (SSSR count). The van der Waals surface area contributed by atoms with E-state index in [0.717, 1.165) is 88.0 Å². The molecule has 0 atom stereocenters. The highest BCUT2D eigenvalue weighted by atomic mass is 16.3. The van der Waals surface area contributed by atoms with Crippen LogP contribution in [-0.4, -0.2) is 15.0 Å². The fourth-order valence-electron chi connectivity index (χ4n) is 7.37. The van der Waals surface area contributed by atoms with Gasteiger partial charge in [-0.15, -0.1) is 0 Å². The Kier molecular flexibility index (Phi) is 5.86. The van der Waals surface area contributed by atoms with E-state index in [1.165, 1.54) is 0 Å². The van der Waals surface area contributed by atoms with Crippen LogP contribution in [0.15, 0.2) is 165 Å². The Balaban J connectivity index is 1.13. The SMILES string of the molecule is c1ccc(-c2nc(-c3ccc4c(c3)oc3ccccc34)nc(-c3cccc4c3oc3c(-c5cccc6c5oc5ccccc56)cccc34)n2)cc1. The number of nitrogens with zero attached hydrogens (tertiary/aromatic N) is 3. The van der Waals surface area contributed by atoms with Gasteiger partial charge in [0.25, 0.3) is 0 Å². The van der Waals surface area contributed by atoms with Crippen molar-refractivity contribution in [3.05, 3.63) is 152 Å². The van der Waals surface area contributed by atoms with Crippen LogP contribution in [0.3, 0.4) is 0 Å². The number of hydrogen-bond donors (Lipinski definition) is 0. The van der Waals surface area contributed by atoms with Gasteiger partial charge in [-0.25, -0.2) is 15.0 Å².